The number of benzene rings is 1. The number of piperidine rings is 1. The van der Waals surface area contributed by atoms with Crippen LogP contribution in [0.25, 0.3) is 0 Å². The third kappa shape index (κ3) is 2.52. The van der Waals surface area contributed by atoms with E-state index in [4.69, 9.17) is 5.73 Å². The fraction of sp³-hybridized carbons (Fsp3) is 0.462. The maximum Gasteiger partial charge on any atom is 0.284 e. The van der Waals surface area contributed by atoms with Crippen molar-refractivity contribution in [2.75, 3.05) is 12.3 Å². The van der Waals surface area contributed by atoms with Crippen LogP contribution >= 0.6 is 0 Å². The molecule has 1 amide bonds. The van der Waals surface area contributed by atoms with Gasteiger partial charge in [0.05, 0.1) is 10.6 Å². The van der Waals surface area contributed by atoms with E-state index >= 15 is 0 Å². The molecule has 0 aliphatic carbocycles. The normalized spacial score (nSPS) is 19.2. The second kappa shape index (κ2) is 5.26. The fourth-order valence-corrected chi connectivity index (χ4v) is 2.49. The number of hydrogen-bond acceptors (Lipinski definition) is 4. The lowest BCUT2D eigenvalue weighted by Gasteiger charge is -2.33. The van der Waals surface area contributed by atoms with E-state index in [0.29, 0.717) is 6.54 Å². The summed E-state index contributed by atoms with van der Waals surface area (Å²) >= 11 is 0. The summed E-state index contributed by atoms with van der Waals surface area (Å²) in [5.41, 5.74) is 5.72. The van der Waals surface area contributed by atoms with Crippen LogP contribution in [0.15, 0.2) is 18.2 Å². The monoisotopic (exact) mass is 263 g/mol. The minimum Gasteiger partial charge on any atom is -0.398 e. The van der Waals surface area contributed by atoms with E-state index in [9.17, 15) is 14.9 Å². The highest BCUT2D eigenvalue weighted by atomic mass is 16.6. The first-order chi connectivity index (χ1) is 9.02. The van der Waals surface area contributed by atoms with Crippen molar-refractivity contribution in [1.82, 2.24) is 4.90 Å². The molecule has 19 heavy (non-hydrogen) atoms. The highest BCUT2D eigenvalue weighted by Crippen LogP contribution is 2.28. The van der Waals surface area contributed by atoms with Crippen molar-refractivity contribution >= 4 is 17.3 Å². The molecule has 6 nitrogen and oxygen atoms in total. The topological polar surface area (TPSA) is 89.5 Å². The number of carbonyl (C=O) groups is 1. The standard InChI is InChI=1S/C13H17N3O3/c1-9-5-2-3-8-15(9)13(17)12-10(14)6-4-7-11(12)16(18)19/h4,6-7,9H,2-3,5,8,14H2,1H3/t9-/m0/s1. The predicted octanol–water partition coefficient (Wildman–Crippen LogP) is 2.19. The minimum atomic E-state index is -0.557. The van der Waals surface area contributed by atoms with Gasteiger partial charge in [-0.2, -0.15) is 0 Å². The number of hydrogen-bond donors (Lipinski definition) is 1. The van der Waals surface area contributed by atoms with E-state index in [0.717, 1.165) is 19.3 Å². The Kier molecular flexibility index (Phi) is 3.69. The molecule has 6 heteroatoms. The van der Waals surface area contributed by atoms with Gasteiger partial charge in [0.25, 0.3) is 11.6 Å². The summed E-state index contributed by atoms with van der Waals surface area (Å²) in [4.78, 5) is 24.6. The molecule has 2 N–H and O–H groups in total. The molecule has 2 rings (SSSR count). The largest absolute Gasteiger partial charge is 0.398 e. The Hall–Kier alpha value is -2.11. The van der Waals surface area contributed by atoms with Gasteiger partial charge >= 0.3 is 0 Å². The number of nitro groups is 1. The van der Waals surface area contributed by atoms with E-state index < -0.39 is 4.92 Å². The zero-order valence-electron chi connectivity index (χ0n) is 10.8. The number of nitrogen functional groups attached to an aromatic ring is 1. The van der Waals surface area contributed by atoms with Crippen LogP contribution in [-0.4, -0.2) is 28.3 Å². The van der Waals surface area contributed by atoms with Gasteiger partial charge in [-0.3, -0.25) is 14.9 Å². The van der Waals surface area contributed by atoms with Gasteiger partial charge < -0.3 is 10.6 Å². The van der Waals surface area contributed by atoms with Crippen LogP contribution in [0.2, 0.25) is 0 Å². The van der Waals surface area contributed by atoms with Crippen molar-refractivity contribution in [1.29, 1.82) is 0 Å². The number of anilines is 1. The smallest absolute Gasteiger partial charge is 0.284 e. The number of nitro benzene ring substituents is 1. The SMILES string of the molecule is C[C@H]1CCCCN1C(=O)c1c(N)cccc1[N+](=O)[O-]. The molecule has 1 heterocycles. The summed E-state index contributed by atoms with van der Waals surface area (Å²) in [5, 5.41) is 11.0. The van der Waals surface area contributed by atoms with Crippen molar-refractivity contribution < 1.29 is 9.72 Å². The number of carbonyl (C=O) groups excluding carboxylic acids is 1. The van der Waals surface area contributed by atoms with Crippen molar-refractivity contribution in [3.05, 3.63) is 33.9 Å². The Morgan fingerprint density at radius 1 is 1.47 bits per heavy atom. The Morgan fingerprint density at radius 2 is 2.21 bits per heavy atom. The van der Waals surface area contributed by atoms with Crippen molar-refractivity contribution in [2.45, 2.75) is 32.2 Å². The molecule has 1 aromatic carbocycles. The minimum absolute atomic E-state index is 0.0150. The number of nitrogens with two attached hydrogens (primary N) is 1. The van der Waals surface area contributed by atoms with Crippen LogP contribution < -0.4 is 5.73 Å². The molecule has 0 bridgehead atoms. The Balaban J connectivity index is 2.40. The highest BCUT2D eigenvalue weighted by molar-refractivity contribution is 6.03. The summed E-state index contributed by atoms with van der Waals surface area (Å²) < 4.78 is 0. The van der Waals surface area contributed by atoms with E-state index in [1.165, 1.54) is 18.2 Å². The molecule has 0 unspecified atom stereocenters. The number of rotatable bonds is 2. The molecule has 1 aromatic rings. The predicted molar refractivity (Wildman–Crippen MR) is 71.9 cm³/mol. The summed E-state index contributed by atoms with van der Waals surface area (Å²) in [5.74, 6) is -0.336. The van der Waals surface area contributed by atoms with Crippen LogP contribution in [0.3, 0.4) is 0 Å². The summed E-state index contributed by atoms with van der Waals surface area (Å²) in [6.07, 6.45) is 2.93. The number of likely N-dealkylation sites (tertiary alicyclic amines) is 1. The maximum absolute atomic E-state index is 12.5. The fourth-order valence-electron chi connectivity index (χ4n) is 2.49. The molecule has 0 radical (unpaired) electrons. The second-order valence-corrected chi connectivity index (χ2v) is 4.84. The van der Waals surface area contributed by atoms with Gasteiger partial charge in [0.1, 0.15) is 5.56 Å². The summed E-state index contributed by atoms with van der Waals surface area (Å²) in [7, 11) is 0. The van der Waals surface area contributed by atoms with Gasteiger partial charge in [0, 0.05) is 18.7 Å². The number of amides is 1. The van der Waals surface area contributed by atoms with Gasteiger partial charge in [-0.25, -0.2) is 0 Å². The average Bonchev–Trinajstić information content (AvgIpc) is 2.38. The lowest BCUT2D eigenvalue weighted by Crippen LogP contribution is -2.42. The lowest BCUT2D eigenvalue weighted by atomic mass is 10.0. The molecular weight excluding hydrogens is 246 g/mol. The molecule has 1 fully saturated rings. The highest BCUT2D eigenvalue weighted by Gasteiger charge is 2.30. The zero-order valence-corrected chi connectivity index (χ0v) is 10.8. The van der Waals surface area contributed by atoms with Crippen LogP contribution in [0.5, 0.6) is 0 Å². The lowest BCUT2D eigenvalue weighted by molar-refractivity contribution is -0.385. The first kappa shape index (κ1) is 13.3. The first-order valence-corrected chi connectivity index (χ1v) is 6.36. The average molecular weight is 263 g/mol. The van der Waals surface area contributed by atoms with Gasteiger partial charge in [0.2, 0.25) is 0 Å². The van der Waals surface area contributed by atoms with Gasteiger partial charge in [-0.15, -0.1) is 0 Å². The van der Waals surface area contributed by atoms with E-state index in [1.54, 1.807) is 4.90 Å². The molecule has 1 saturated heterocycles. The Bertz CT molecular complexity index is 516. The maximum atomic E-state index is 12.5. The van der Waals surface area contributed by atoms with E-state index in [-0.39, 0.29) is 28.9 Å². The van der Waals surface area contributed by atoms with Crippen LogP contribution in [0.1, 0.15) is 36.5 Å². The van der Waals surface area contributed by atoms with Gasteiger partial charge in [-0.05, 0) is 32.3 Å². The molecule has 102 valence electrons. The summed E-state index contributed by atoms with van der Waals surface area (Å²) in [6.45, 7) is 2.59. The van der Waals surface area contributed by atoms with E-state index in [1.807, 2.05) is 6.92 Å². The van der Waals surface area contributed by atoms with Gasteiger partial charge in [0.15, 0.2) is 0 Å². The second-order valence-electron chi connectivity index (χ2n) is 4.84. The molecule has 0 saturated carbocycles. The molecule has 0 spiro atoms. The first-order valence-electron chi connectivity index (χ1n) is 6.36. The molecule has 1 aliphatic heterocycles. The molecule has 1 aliphatic rings. The van der Waals surface area contributed by atoms with Crippen molar-refractivity contribution in [3.8, 4) is 0 Å². The zero-order chi connectivity index (χ0) is 14.0. The van der Waals surface area contributed by atoms with Crippen LogP contribution in [0, 0.1) is 10.1 Å². The molecule has 0 aromatic heterocycles. The third-order valence-corrected chi connectivity index (χ3v) is 3.55. The van der Waals surface area contributed by atoms with Crippen LogP contribution in [-0.2, 0) is 0 Å². The summed E-state index contributed by atoms with van der Waals surface area (Å²) in [6, 6.07) is 4.43. The molecule has 1 atom stereocenters. The Morgan fingerprint density at radius 3 is 2.84 bits per heavy atom. The molecular formula is C13H17N3O3. The van der Waals surface area contributed by atoms with E-state index in [2.05, 4.69) is 0 Å². The van der Waals surface area contributed by atoms with Crippen molar-refractivity contribution in [2.24, 2.45) is 0 Å². The number of nitrogens with zero attached hydrogens (tertiary/aromatic N) is 2. The van der Waals surface area contributed by atoms with Gasteiger partial charge in [-0.1, -0.05) is 6.07 Å². The quantitative estimate of drug-likeness (QED) is 0.503. The Labute approximate surface area is 111 Å². The van der Waals surface area contributed by atoms with Crippen LogP contribution in [0.4, 0.5) is 11.4 Å². The van der Waals surface area contributed by atoms with Crippen molar-refractivity contribution in [3.63, 3.8) is 0 Å². The third-order valence-electron chi connectivity index (χ3n) is 3.55.